The molecule has 0 bridgehead atoms. The van der Waals surface area contributed by atoms with Gasteiger partial charge >= 0.3 is 0 Å². The van der Waals surface area contributed by atoms with Gasteiger partial charge in [-0.15, -0.1) is 11.6 Å². The number of aromatic nitrogens is 2. The molecular weight excluding hydrogens is 188 g/mol. The molecule has 4 heteroatoms. The molecule has 1 aromatic rings. The summed E-state index contributed by atoms with van der Waals surface area (Å²) in [5.41, 5.74) is 0. The van der Waals surface area contributed by atoms with Gasteiger partial charge in [0.15, 0.2) is 0 Å². The smallest absolute Gasteiger partial charge is 0.137 e. The molecule has 2 rings (SSSR count). The summed E-state index contributed by atoms with van der Waals surface area (Å²) in [6, 6.07) is 0. The van der Waals surface area contributed by atoms with Crippen molar-refractivity contribution in [1.29, 1.82) is 0 Å². The van der Waals surface area contributed by atoms with E-state index in [4.69, 9.17) is 16.3 Å². The summed E-state index contributed by atoms with van der Waals surface area (Å²) in [6.45, 7) is 0.742. The molecule has 0 radical (unpaired) electrons. The van der Waals surface area contributed by atoms with Crippen molar-refractivity contribution in [2.75, 3.05) is 6.61 Å². The van der Waals surface area contributed by atoms with Crippen LogP contribution in [-0.4, -0.2) is 21.5 Å². The zero-order valence-electron chi connectivity index (χ0n) is 7.61. The van der Waals surface area contributed by atoms with Crippen LogP contribution in [0.25, 0.3) is 0 Å². The maximum Gasteiger partial charge on any atom is 0.137 e. The largest absolute Gasteiger partial charge is 0.370 e. The van der Waals surface area contributed by atoms with Crippen LogP contribution in [-0.2, 0) is 11.8 Å². The summed E-state index contributed by atoms with van der Waals surface area (Å²) in [7, 11) is 1.98. The van der Waals surface area contributed by atoms with Crippen LogP contribution < -0.4 is 0 Å². The quantitative estimate of drug-likeness (QED) is 0.648. The molecule has 2 unspecified atom stereocenters. The van der Waals surface area contributed by atoms with E-state index in [1.54, 1.807) is 6.20 Å². The monoisotopic (exact) mass is 200 g/mol. The number of hydrogen-bond donors (Lipinski definition) is 0. The molecule has 1 aliphatic rings. The lowest BCUT2D eigenvalue weighted by Gasteiger charge is -2.25. The van der Waals surface area contributed by atoms with E-state index >= 15 is 0 Å². The fourth-order valence-electron chi connectivity index (χ4n) is 1.62. The van der Waals surface area contributed by atoms with Crippen molar-refractivity contribution in [2.45, 2.75) is 24.3 Å². The molecule has 72 valence electrons. The standard InChI is InChI=1S/C9H13ClN2O/c1-12-4-3-11-9(12)8-6-7(10)2-5-13-8/h3-4,7-8H,2,5-6H2,1H3. The second-order valence-electron chi connectivity index (χ2n) is 3.38. The van der Waals surface area contributed by atoms with Gasteiger partial charge < -0.3 is 9.30 Å². The minimum atomic E-state index is 0.0799. The first-order chi connectivity index (χ1) is 6.27. The minimum absolute atomic E-state index is 0.0799. The number of nitrogens with zero attached hydrogens (tertiary/aromatic N) is 2. The zero-order chi connectivity index (χ0) is 9.26. The Hall–Kier alpha value is -0.540. The fraction of sp³-hybridized carbons (Fsp3) is 0.667. The van der Waals surface area contributed by atoms with Crippen molar-refractivity contribution in [2.24, 2.45) is 7.05 Å². The predicted molar refractivity (Wildman–Crippen MR) is 50.8 cm³/mol. The summed E-state index contributed by atoms with van der Waals surface area (Å²) >= 11 is 6.06. The Morgan fingerprint density at radius 3 is 3.15 bits per heavy atom. The molecular formula is C9H13ClN2O. The summed E-state index contributed by atoms with van der Waals surface area (Å²) in [6.07, 6.45) is 5.61. The summed E-state index contributed by atoms with van der Waals surface area (Å²) in [4.78, 5) is 4.25. The molecule has 3 nitrogen and oxygen atoms in total. The van der Waals surface area contributed by atoms with E-state index < -0.39 is 0 Å². The average Bonchev–Trinajstić information content (AvgIpc) is 2.51. The van der Waals surface area contributed by atoms with Crippen LogP contribution in [0.4, 0.5) is 0 Å². The van der Waals surface area contributed by atoms with Gasteiger partial charge in [-0.05, 0) is 12.8 Å². The van der Waals surface area contributed by atoms with Crippen LogP contribution >= 0.6 is 11.6 Å². The van der Waals surface area contributed by atoms with Crippen LogP contribution in [0, 0.1) is 0 Å². The molecule has 1 aliphatic heterocycles. The highest BCUT2D eigenvalue weighted by Gasteiger charge is 2.24. The van der Waals surface area contributed by atoms with Crippen LogP contribution in [0.15, 0.2) is 12.4 Å². The second kappa shape index (κ2) is 3.68. The van der Waals surface area contributed by atoms with Crippen molar-refractivity contribution in [3.8, 4) is 0 Å². The van der Waals surface area contributed by atoms with Gasteiger partial charge in [-0.3, -0.25) is 0 Å². The number of rotatable bonds is 1. The lowest BCUT2D eigenvalue weighted by molar-refractivity contribution is 0.00979. The molecule has 0 saturated carbocycles. The van der Waals surface area contributed by atoms with Crippen molar-refractivity contribution in [3.63, 3.8) is 0 Å². The van der Waals surface area contributed by atoms with Crippen LogP contribution in [0.2, 0.25) is 0 Å². The summed E-state index contributed by atoms with van der Waals surface area (Å²) in [5.74, 6) is 0.977. The van der Waals surface area contributed by atoms with Crippen molar-refractivity contribution < 1.29 is 4.74 Å². The number of halogens is 1. The summed E-state index contributed by atoms with van der Waals surface area (Å²) < 4.78 is 7.59. The first-order valence-electron chi connectivity index (χ1n) is 4.50. The molecule has 0 aromatic carbocycles. The topological polar surface area (TPSA) is 27.1 Å². The molecule has 1 fully saturated rings. The van der Waals surface area contributed by atoms with Gasteiger partial charge in [-0.2, -0.15) is 0 Å². The Kier molecular flexibility index (Phi) is 2.56. The molecule has 1 saturated heterocycles. The molecule has 1 aromatic heterocycles. The number of aryl methyl sites for hydroxylation is 1. The van der Waals surface area contributed by atoms with Gasteiger partial charge in [0, 0.05) is 31.4 Å². The third-order valence-corrected chi connectivity index (χ3v) is 2.76. The predicted octanol–water partition coefficient (Wildman–Crippen LogP) is 1.88. The maximum atomic E-state index is 6.06. The Balaban J connectivity index is 2.12. The van der Waals surface area contributed by atoms with Crippen molar-refractivity contribution in [3.05, 3.63) is 18.2 Å². The molecule has 2 heterocycles. The molecule has 0 spiro atoms. The van der Waals surface area contributed by atoms with E-state index in [0.29, 0.717) is 0 Å². The first kappa shape index (κ1) is 9.03. The van der Waals surface area contributed by atoms with Gasteiger partial charge in [-0.1, -0.05) is 0 Å². The van der Waals surface area contributed by atoms with E-state index in [1.807, 2.05) is 17.8 Å². The van der Waals surface area contributed by atoms with Gasteiger partial charge in [0.2, 0.25) is 0 Å². The number of hydrogen-bond acceptors (Lipinski definition) is 2. The summed E-state index contributed by atoms with van der Waals surface area (Å²) in [5, 5.41) is 0.232. The van der Waals surface area contributed by atoms with E-state index in [0.717, 1.165) is 25.3 Å². The van der Waals surface area contributed by atoms with Crippen molar-refractivity contribution in [1.82, 2.24) is 9.55 Å². The molecule has 0 N–H and O–H groups in total. The maximum absolute atomic E-state index is 6.06. The second-order valence-corrected chi connectivity index (χ2v) is 3.99. The fourth-order valence-corrected chi connectivity index (χ4v) is 1.87. The van der Waals surface area contributed by atoms with Crippen LogP contribution in [0.3, 0.4) is 0 Å². The first-order valence-corrected chi connectivity index (χ1v) is 4.94. The van der Waals surface area contributed by atoms with E-state index in [-0.39, 0.29) is 11.5 Å². The third kappa shape index (κ3) is 1.86. The van der Waals surface area contributed by atoms with Gasteiger partial charge in [0.05, 0.1) is 0 Å². The zero-order valence-corrected chi connectivity index (χ0v) is 8.37. The minimum Gasteiger partial charge on any atom is -0.370 e. The highest BCUT2D eigenvalue weighted by Crippen LogP contribution is 2.29. The number of ether oxygens (including phenoxy) is 1. The van der Waals surface area contributed by atoms with Crippen LogP contribution in [0.5, 0.6) is 0 Å². The SMILES string of the molecule is Cn1ccnc1C1CC(Cl)CCO1. The molecule has 0 amide bonds. The number of imidazole rings is 1. The van der Waals surface area contributed by atoms with Gasteiger partial charge in [0.1, 0.15) is 11.9 Å². The Bertz CT molecular complexity index is 287. The highest BCUT2D eigenvalue weighted by molar-refractivity contribution is 6.20. The van der Waals surface area contributed by atoms with E-state index in [2.05, 4.69) is 4.98 Å². The molecule has 0 aliphatic carbocycles. The lowest BCUT2D eigenvalue weighted by atomic mass is 10.1. The van der Waals surface area contributed by atoms with Gasteiger partial charge in [0.25, 0.3) is 0 Å². The van der Waals surface area contributed by atoms with Crippen molar-refractivity contribution >= 4 is 11.6 Å². The lowest BCUT2D eigenvalue weighted by Crippen LogP contribution is -2.22. The Morgan fingerprint density at radius 2 is 2.54 bits per heavy atom. The van der Waals surface area contributed by atoms with Crippen LogP contribution in [0.1, 0.15) is 24.8 Å². The Morgan fingerprint density at radius 1 is 1.69 bits per heavy atom. The van der Waals surface area contributed by atoms with E-state index in [1.165, 1.54) is 0 Å². The molecule has 2 atom stereocenters. The normalized spacial score (nSPS) is 29.1. The van der Waals surface area contributed by atoms with Gasteiger partial charge in [-0.25, -0.2) is 4.98 Å². The third-order valence-electron chi connectivity index (χ3n) is 2.37. The number of alkyl halides is 1. The average molecular weight is 201 g/mol. The highest BCUT2D eigenvalue weighted by atomic mass is 35.5. The molecule has 13 heavy (non-hydrogen) atoms. The van der Waals surface area contributed by atoms with E-state index in [9.17, 15) is 0 Å². The Labute approximate surface area is 82.7 Å².